The normalized spacial score (nSPS) is 16.4. The van der Waals surface area contributed by atoms with E-state index in [1.807, 2.05) is 0 Å². The van der Waals surface area contributed by atoms with Crippen LogP contribution in [0.5, 0.6) is 0 Å². The molecule has 20 heavy (non-hydrogen) atoms. The van der Waals surface area contributed by atoms with Crippen LogP contribution in [0.4, 0.5) is 5.13 Å². The molecule has 1 unspecified atom stereocenters. The maximum Gasteiger partial charge on any atom is 0.185 e. The van der Waals surface area contributed by atoms with Crippen molar-refractivity contribution in [3.8, 4) is 0 Å². The number of hydrogen-bond acceptors (Lipinski definition) is 6. The number of hydrogen-bond donors (Lipinski definition) is 1. The molecule has 0 spiro atoms. The van der Waals surface area contributed by atoms with Gasteiger partial charge in [-0.1, -0.05) is 0 Å². The molecule has 0 saturated heterocycles. The standard InChI is InChI=1S/C14H25N3O2S/c1-10(8-18-3)17(2)14-16-12(9-19-4)13(20-14)7-15-11-5-6-11/h10-11,15H,5-9H2,1-4H3. The zero-order valence-electron chi connectivity index (χ0n) is 12.8. The molecule has 0 amide bonds. The Bertz CT molecular complexity index is 421. The van der Waals surface area contributed by atoms with Crippen LogP contribution in [0.1, 0.15) is 30.3 Å². The van der Waals surface area contributed by atoms with Crippen LogP contribution in [0.2, 0.25) is 0 Å². The highest BCUT2D eigenvalue weighted by Gasteiger charge is 2.22. The van der Waals surface area contributed by atoms with E-state index in [4.69, 9.17) is 14.5 Å². The predicted octanol–water partition coefficient (Wildman–Crippen LogP) is 2.01. The molecule has 1 N–H and O–H groups in total. The van der Waals surface area contributed by atoms with Gasteiger partial charge in [0.05, 0.1) is 24.9 Å². The highest BCUT2D eigenvalue weighted by atomic mass is 32.1. The van der Waals surface area contributed by atoms with E-state index in [0.29, 0.717) is 25.3 Å². The van der Waals surface area contributed by atoms with Crippen molar-refractivity contribution in [3.05, 3.63) is 10.6 Å². The Morgan fingerprint density at radius 2 is 2.15 bits per heavy atom. The lowest BCUT2D eigenvalue weighted by Gasteiger charge is -2.23. The van der Waals surface area contributed by atoms with E-state index in [1.165, 1.54) is 17.7 Å². The van der Waals surface area contributed by atoms with Crippen LogP contribution in [-0.4, -0.2) is 44.9 Å². The van der Waals surface area contributed by atoms with E-state index >= 15 is 0 Å². The van der Waals surface area contributed by atoms with Gasteiger partial charge in [-0.15, -0.1) is 11.3 Å². The smallest absolute Gasteiger partial charge is 0.185 e. The minimum Gasteiger partial charge on any atom is -0.383 e. The van der Waals surface area contributed by atoms with Gasteiger partial charge in [-0.3, -0.25) is 0 Å². The van der Waals surface area contributed by atoms with Gasteiger partial charge in [0.25, 0.3) is 0 Å². The van der Waals surface area contributed by atoms with Crippen molar-refractivity contribution >= 4 is 16.5 Å². The van der Waals surface area contributed by atoms with Crippen molar-refractivity contribution in [3.63, 3.8) is 0 Å². The molecule has 1 fully saturated rings. The average Bonchev–Trinajstić information content (AvgIpc) is 3.18. The number of thiazole rings is 1. The number of anilines is 1. The SMILES string of the molecule is COCc1nc(N(C)C(C)COC)sc1CNC1CC1. The van der Waals surface area contributed by atoms with Gasteiger partial charge in [-0.2, -0.15) is 0 Å². The van der Waals surface area contributed by atoms with E-state index in [0.717, 1.165) is 17.4 Å². The van der Waals surface area contributed by atoms with Crippen LogP contribution in [-0.2, 0) is 22.6 Å². The Hall–Kier alpha value is -0.690. The van der Waals surface area contributed by atoms with Gasteiger partial charge < -0.3 is 19.7 Å². The lowest BCUT2D eigenvalue weighted by Crippen LogP contribution is -2.32. The second kappa shape index (κ2) is 7.36. The Kier molecular flexibility index (Phi) is 5.77. The molecule has 1 heterocycles. The van der Waals surface area contributed by atoms with E-state index in [2.05, 4.69) is 24.2 Å². The molecule has 0 radical (unpaired) electrons. The fourth-order valence-electron chi connectivity index (χ4n) is 1.97. The molecule has 6 heteroatoms. The Morgan fingerprint density at radius 3 is 2.75 bits per heavy atom. The van der Waals surface area contributed by atoms with Crippen LogP contribution in [0, 0.1) is 0 Å². The van der Waals surface area contributed by atoms with E-state index in [-0.39, 0.29) is 0 Å². The highest BCUT2D eigenvalue weighted by molar-refractivity contribution is 7.15. The lowest BCUT2D eigenvalue weighted by atomic mass is 10.3. The van der Waals surface area contributed by atoms with Gasteiger partial charge in [0.15, 0.2) is 5.13 Å². The zero-order valence-corrected chi connectivity index (χ0v) is 13.6. The van der Waals surface area contributed by atoms with Gasteiger partial charge in [-0.25, -0.2) is 4.98 Å². The van der Waals surface area contributed by atoms with Crippen molar-refractivity contribution in [1.29, 1.82) is 0 Å². The Labute approximate surface area is 125 Å². The molecule has 0 aromatic carbocycles. The maximum atomic E-state index is 5.27. The van der Waals surface area contributed by atoms with E-state index in [1.54, 1.807) is 25.6 Å². The third-order valence-corrected chi connectivity index (χ3v) is 4.74. The zero-order chi connectivity index (χ0) is 14.5. The van der Waals surface area contributed by atoms with Crippen LogP contribution in [0.25, 0.3) is 0 Å². The second-order valence-corrected chi connectivity index (χ2v) is 6.43. The van der Waals surface area contributed by atoms with E-state index < -0.39 is 0 Å². The first-order chi connectivity index (χ1) is 9.65. The molecular formula is C14H25N3O2S. The first-order valence-corrected chi connectivity index (χ1v) is 7.90. The second-order valence-electron chi connectivity index (χ2n) is 5.37. The molecule has 1 aromatic rings. The summed E-state index contributed by atoms with van der Waals surface area (Å²) >= 11 is 1.75. The fourth-order valence-corrected chi connectivity index (χ4v) is 3.05. The van der Waals surface area contributed by atoms with Gasteiger partial charge in [-0.05, 0) is 19.8 Å². The summed E-state index contributed by atoms with van der Waals surface area (Å²) in [6, 6.07) is 1.02. The van der Waals surface area contributed by atoms with Crippen molar-refractivity contribution < 1.29 is 9.47 Å². The Morgan fingerprint density at radius 1 is 1.40 bits per heavy atom. The number of nitrogens with one attached hydrogen (secondary N) is 1. The van der Waals surface area contributed by atoms with Gasteiger partial charge in [0.2, 0.25) is 0 Å². The molecule has 5 nitrogen and oxygen atoms in total. The van der Waals surface area contributed by atoms with Crippen molar-refractivity contribution in [1.82, 2.24) is 10.3 Å². The summed E-state index contributed by atoms with van der Waals surface area (Å²) in [6.45, 7) is 4.31. The summed E-state index contributed by atoms with van der Waals surface area (Å²) in [5.41, 5.74) is 1.05. The molecule has 1 aromatic heterocycles. The van der Waals surface area contributed by atoms with Crippen molar-refractivity contribution in [2.45, 2.75) is 45.0 Å². The lowest BCUT2D eigenvalue weighted by molar-refractivity contribution is 0.180. The Balaban J connectivity index is 2.05. The first kappa shape index (κ1) is 15.7. The molecule has 1 atom stereocenters. The quantitative estimate of drug-likeness (QED) is 0.756. The third kappa shape index (κ3) is 4.15. The van der Waals surface area contributed by atoms with E-state index in [9.17, 15) is 0 Å². The number of nitrogens with zero attached hydrogens (tertiary/aromatic N) is 2. The maximum absolute atomic E-state index is 5.27. The molecule has 1 saturated carbocycles. The molecule has 114 valence electrons. The number of likely N-dealkylation sites (N-methyl/N-ethyl adjacent to an activating group) is 1. The average molecular weight is 299 g/mol. The van der Waals surface area contributed by atoms with Crippen LogP contribution in [0.3, 0.4) is 0 Å². The van der Waals surface area contributed by atoms with Crippen LogP contribution >= 0.6 is 11.3 Å². The molecule has 1 aliphatic rings. The first-order valence-electron chi connectivity index (χ1n) is 7.08. The summed E-state index contributed by atoms with van der Waals surface area (Å²) < 4.78 is 10.5. The van der Waals surface area contributed by atoms with Gasteiger partial charge in [0.1, 0.15) is 0 Å². The highest BCUT2D eigenvalue weighted by Crippen LogP contribution is 2.28. The summed E-state index contributed by atoms with van der Waals surface area (Å²) in [6.07, 6.45) is 2.60. The summed E-state index contributed by atoms with van der Waals surface area (Å²) in [7, 11) is 5.51. The topological polar surface area (TPSA) is 46.6 Å². The number of rotatable bonds is 9. The van der Waals surface area contributed by atoms with Crippen LogP contribution in [0.15, 0.2) is 0 Å². The predicted molar refractivity (Wildman–Crippen MR) is 82.4 cm³/mol. The van der Waals surface area contributed by atoms with Gasteiger partial charge >= 0.3 is 0 Å². The minimum atomic E-state index is 0.311. The summed E-state index contributed by atoms with van der Waals surface area (Å²) in [4.78, 5) is 8.18. The molecule has 0 bridgehead atoms. The number of aromatic nitrogens is 1. The molecule has 2 rings (SSSR count). The molecule has 0 aliphatic heterocycles. The summed E-state index contributed by atoms with van der Waals surface area (Å²) in [5, 5.41) is 4.59. The number of methoxy groups -OCH3 is 2. The van der Waals surface area contributed by atoms with Crippen molar-refractivity contribution in [2.75, 3.05) is 32.8 Å². The van der Waals surface area contributed by atoms with Crippen LogP contribution < -0.4 is 10.2 Å². The third-order valence-electron chi connectivity index (χ3n) is 3.55. The molecular weight excluding hydrogens is 274 g/mol. The summed E-state index contributed by atoms with van der Waals surface area (Å²) in [5.74, 6) is 0. The van der Waals surface area contributed by atoms with Crippen molar-refractivity contribution in [2.24, 2.45) is 0 Å². The number of ether oxygens (including phenoxy) is 2. The fraction of sp³-hybridized carbons (Fsp3) is 0.786. The molecule has 1 aliphatic carbocycles. The minimum absolute atomic E-state index is 0.311. The van der Waals surface area contributed by atoms with Gasteiger partial charge in [0, 0.05) is 38.7 Å². The largest absolute Gasteiger partial charge is 0.383 e. The monoisotopic (exact) mass is 299 g/mol.